The first-order valence-corrected chi connectivity index (χ1v) is 9.50. The molecule has 0 aliphatic heterocycles. The average molecular weight is 390 g/mol. The Hall–Kier alpha value is -3.07. The van der Waals surface area contributed by atoms with Gasteiger partial charge in [0.15, 0.2) is 5.58 Å². The van der Waals surface area contributed by atoms with Gasteiger partial charge in [-0.25, -0.2) is 13.2 Å². The summed E-state index contributed by atoms with van der Waals surface area (Å²) in [4.78, 5) is 23.3. The summed E-state index contributed by atoms with van der Waals surface area (Å²) in [6.45, 7) is 3.38. The smallest absolute Gasteiger partial charge is 0.420 e. The molecular weight excluding hydrogens is 372 g/mol. The van der Waals surface area contributed by atoms with E-state index in [1.807, 2.05) is 19.9 Å². The number of rotatable bonds is 5. The van der Waals surface area contributed by atoms with E-state index in [9.17, 15) is 18.0 Å². The third-order valence-corrected chi connectivity index (χ3v) is 5.68. The van der Waals surface area contributed by atoms with Gasteiger partial charge in [-0.1, -0.05) is 12.1 Å². The maximum Gasteiger partial charge on any atom is 0.420 e. The van der Waals surface area contributed by atoms with Crippen LogP contribution in [0.1, 0.15) is 11.1 Å². The van der Waals surface area contributed by atoms with Crippen LogP contribution in [0.2, 0.25) is 0 Å². The minimum absolute atomic E-state index is 0.0603. The van der Waals surface area contributed by atoms with Crippen LogP contribution in [0, 0.1) is 13.8 Å². The second-order valence-corrected chi connectivity index (χ2v) is 7.70. The fourth-order valence-electron chi connectivity index (χ4n) is 2.62. The lowest BCUT2D eigenvalue weighted by Gasteiger charge is -2.12. The Morgan fingerprint density at radius 2 is 1.96 bits per heavy atom. The number of anilines is 1. The molecule has 0 fully saturated rings. The third kappa shape index (κ3) is 3.59. The zero-order chi connectivity index (χ0) is 19.8. The summed E-state index contributed by atoms with van der Waals surface area (Å²) in [6.07, 6.45) is 0. The van der Waals surface area contributed by atoms with Gasteiger partial charge in [0.1, 0.15) is 6.54 Å². The number of carbonyl (C=O) groups excluding carboxylic acids is 1. The highest BCUT2D eigenvalue weighted by atomic mass is 32.2. The highest BCUT2D eigenvalue weighted by molar-refractivity contribution is 7.92. The van der Waals surface area contributed by atoms with Crippen LogP contribution in [-0.4, -0.2) is 26.1 Å². The topological polar surface area (TPSA) is 108 Å². The Morgan fingerprint density at radius 3 is 2.67 bits per heavy atom. The molecule has 3 aromatic rings. The summed E-state index contributed by atoms with van der Waals surface area (Å²) in [5, 5.41) is 0. The largest absolute Gasteiger partial charge is 0.468 e. The summed E-state index contributed by atoms with van der Waals surface area (Å²) in [6, 6.07) is 9.33. The van der Waals surface area contributed by atoms with Crippen molar-refractivity contribution in [1.82, 2.24) is 4.57 Å². The van der Waals surface area contributed by atoms with E-state index >= 15 is 0 Å². The van der Waals surface area contributed by atoms with Crippen LogP contribution >= 0.6 is 0 Å². The summed E-state index contributed by atoms with van der Waals surface area (Å²) >= 11 is 0. The normalized spacial score (nSPS) is 11.5. The number of fused-ring (bicyclic) bond motifs is 1. The molecule has 0 unspecified atom stereocenters. The molecule has 1 heterocycles. The van der Waals surface area contributed by atoms with E-state index < -0.39 is 21.7 Å². The summed E-state index contributed by atoms with van der Waals surface area (Å²) in [5.74, 6) is -1.39. The molecule has 0 atom stereocenters. The van der Waals surface area contributed by atoms with Crippen molar-refractivity contribution in [3.8, 4) is 0 Å². The van der Waals surface area contributed by atoms with Crippen LogP contribution in [0.15, 0.2) is 50.5 Å². The number of esters is 1. The van der Waals surface area contributed by atoms with Gasteiger partial charge in [0.25, 0.3) is 10.0 Å². The van der Waals surface area contributed by atoms with Gasteiger partial charge < -0.3 is 9.15 Å². The standard InChI is InChI=1S/C18H18N2O6S/c1-11-5-4-6-14(12(11)2)19-27(23,24)13-7-8-15-16(9-13)26-18(22)20(15)10-17(21)25-3/h4-9,19H,10H2,1-3H3. The van der Waals surface area contributed by atoms with Gasteiger partial charge >= 0.3 is 11.7 Å². The van der Waals surface area contributed by atoms with Crippen molar-refractivity contribution in [3.05, 3.63) is 58.1 Å². The molecule has 0 saturated carbocycles. The van der Waals surface area contributed by atoms with Gasteiger partial charge in [0.05, 0.1) is 23.2 Å². The molecule has 1 aromatic heterocycles. The second kappa shape index (κ2) is 6.92. The maximum atomic E-state index is 12.7. The van der Waals surface area contributed by atoms with Crippen molar-refractivity contribution in [2.24, 2.45) is 0 Å². The number of oxazole rings is 1. The van der Waals surface area contributed by atoms with E-state index in [0.29, 0.717) is 11.2 Å². The Bertz CT molecular complexity index is 1190. The minimum atomic E-state index is -3.89. The number of benzene rings is 2. The van der Waals surface area contributed by atoms with E-state index in [4.69, 9.17) is 4.42 Å². The number of carbonyl (C=O) groups is 1. The summed E-state index contributed by atoms with van der Waals surface area (Å²) < 4.78 is 38.7. The first-order chi connectivity index (χ1) is 12.7. The van der Waals surface area contributed by atoms with Gasteiger partial charge in [-0.3, -0.25) is 14.1 Å². The quantitative estimate of drug-likeness (QED) is 0.669. The van der Waals surface area contributed by atoms with Crippen molar-refractivity contribution in [2.75, 3.05) is 11.8 Å². The fraction of sp³-hybridized carbons (Fsp3) is 0.222. The number of sulfonamides is 1. The maximum absolute atomic E-state index is 12.7. The van der Waals surface area contributed by atoms with Crippen molar-refractivity contribution in [1.29, 1.82) is 0 Å². The number of nitrogens with zero attached hydrogens (tertiary/aromatic N) is 1. The number of hydrogen-bond acceptors (Lipinski definition) is 6. The number of aromatic nitrogens is 1. The molecule has 0 saturated heterocycles. The molecule has 27 heavy (non-hydrogen) atoms. The van der Waals surface area contributed by atoms with Crippen molar-refractivity contribution in [3.63, 3.8) is 0 Å². The molecule has 0 aliphatic carbocycles. The Labute approximate surface area is 155 Å². The second-order valence-electron chi connectivity index (χ2n) is 6.01. The first kappa shape index (κ1) is 18.7. The fourth-order valence-corrected chi connectivity index (χ4v) is 3.76. The lowest BCUT2D eigenvalue weighted by atomic mass is 10.1. The number of ether oxygens (including phenoxy) is 1. The Kier molecular flexibility index (Phi) is 4.79. The Morgan fingerprint density at radius 1 is 1.22 bits per heavy atom. The Balaban J connectivity index is 2.00. The molecular formula is C18H18N2O6S. The van der Waals surface area contributed by atoms with Crippen molar-refractivity contribution in [2.45, 2.75) is 25.3 Å². The predicted octanol–water partition coefficient (Wildman–Crippen LogP) is 2.19. The SMILES string of the molecule is COC(=O)Cn1c(=O)oc2cc(S(=O)(=O)Nc3cccc(C)c3C)ccc21. The van der Waals surface area contributed by atoms with Gasteiger partial charge in [-0.2, -0.15) is 0 Å². The van der Waals surface area contributed by atoms with Crippen LogP contribution in [0.25, 0.3) is 11.1 Å². The highest BCUT2D eigenvalue weighted by Crippen LogP contribution is 2.24. The van der Waals surface area contributed by atoms with E-state index in [0.717, 1.165) is 15.7 Å². The highest BCUT2D eigenvalue weighted by Gasteiger charge is 2.19. The lowest BCUT2D eigenvalue weighted by molar-refractivity contribution is -0.141. The molecule has 8 nitrogen and oxygen atoms in total. The molecule has 0 radical (unpaired) electrons. The van der Waals surface area contributed by atoms with Crippen LogP contribution in [0.5, 0.6) is 0 Å². The monoisotopic (exact) mass is 390 g/mol. The zero-order valence-corrected chi connectivity index (χ0v) is 15.8. The van der Waals surface area contributed by atoms with E-state index in [-0.39, 0.29) is 17.0 Å². The van der Waals surface area contributed by atoms with Gasteiger partial charge in [-0.05, 0) is 43.2 Å². The van der Waals surface area contributed by atoms with Crippen LogP contribution in [-0.2, 0) is 26.1 Å². The summed E-state index contributed by atoms with van der Waals surface area (Å²) in [5.41, 5.74) is 2.61. The summed E-state index contributed by atoms with van der Waals surface area (Å²) in [7, 11) is -2.68. The lowest BCUT2D eigenvalue weighted by Crippen LogP contribution is -2.20. The number of hydrogen-bond donors (Lipinski definition) is 1. The van der Waals surface area contributed by atoms with Gasteiger partial charge in [0, 0.05) is 6.07 Å². The van der Waals surface area contributed by atoms with Crippen LogP contribution < -0.4 is 10.5 Å². The van der Waals surface area contributed by atoms with Crippen molar-refractivity contribution >= 4 is 32.8 Å². The van der Waals surface area contributed by atoms with E-state index in [1.165, 1.54) is 25.3 Å². The van der Waals surface area contributed by atoms with Crippen LogP contribution in [0.4, 0.5) is 5.69 Å². The van der Waals surface area contributed by atoms with E-state index in [1.54, 1.807) is 12.1 Å². The molecule has 2 aromatic carbocycles. The predicted molar refractivity (Wildman–Crippen MR) is 99.2 cm³/mol. The van der Waals surface area contributed by atoms with Gasteiger partial charge in [-0.15, -0.1) is 0 Å². The molecule has 0 spiro atoms. The zero-order valence-electron chi connectivity index (χ0n) is 15.0. The molecule has 0 bridgehead atoms. The van der Waals surface area contributed by atoms with Crippen LogP contribution in [0.3, 0.4) is 0 Å². The van der Waals surface area contributed by atoms with Crippen molar-refractivity contribution < 1.29 is 22.4 Å². The molecule has 3 rings (SSSR count). The number of nitrogens with one attached hydrogen (secondary N) is 1. The first-order valence-electron chi connectivity index (χ1n) is 8.02. The minimum Gasteiger partial charge on any atom is -0.468 e. The third-order valence-electron chi connectivity index (χ3n) is 4.31. The molecule has 9 heteroatoms. The molecule has 142 valence electrons. The van der Waals surface area contributed by atoms with E-state index in [2.05, 4.69) is 9.46 Å². The molecule has 0 amide bonds. The average Bonchev–Trinajstić information content (AvgIpc) is 2.93. The molecule has 0 aliphatic rings. The molecule has 1 N–H and O–H groups in total. The number of methoxy groups -OCH3 is 1. The number of aryl methyl sites for hydroxylation is 1. The van der Waals surface area contributed by atoms with Gasteiger partial charge in [0.2, 0.25) is 0 Å².